The van der Waals surface area contributed by atoms with Crippen LogP contribution in [-0.2, 0) is 7.05 Å². The molecule has 1 saturated heterocycles. The summed E-state index contributed by atoms with van der Waals surface area (Å²) in [5.74, 6) is 1.58. The molecule has 2 heterocycles. The third-order valence-electron chi connectivity index (χ3n) is 4.91. The predicted molar refractivity (Wildman–Crippen MR) is 98.7 cm³/mol. The molecule has 140 valence electrons. The van der Waals surface area contributed by atoms with Gasteiger partial charge in [-0.1, -0.05) is 0 Å². The standard InChI is InChI=1S/C19H26N4O3/c1-13(2)23-17(20-21(3)19(23)25)15-6-5-11-22(12-15)18(24)14-7-9-16(26-4)10-8-14/h7-10,13,15H,5-6,11-12H2,1-4H3. The molecule has 7 nitrogen and oxygen atoms in total. The second kappa shape index (κ2) is 7.35. The Morgan fingerprint density at radius 2 is 1.96 bits per heavy atom. The van der Waals surface area contributed by atoms with Crippen molar-refractivity contribution in [1.82, 2.24) is 19.2 Å². The fourth-order valence-electron chi connectivity index (χ4n) is 3.55. The Bertz CT molecular complexity index is 835. The number of amides is 1. The lowest BCUT2D eigenvalue weighted by Crippen LogP contribution is -2.40. The molecule has 1 aromatic heterocycles. The van der Waals surface area contributed by atoms with Crippen molar-refractivity contribution in [3.63, 3.8) is 0 Å². The highest BCUT2D eigenvalue weighted by molar-refractivity contribution is 5.94. The number of hydrogen-bond donors (Lipinski definition) is 0. The lowest BCUT2D eigenvalue weighted by Gasteiger charge is -2.32. The molecule has 7 heteroatoms. The topological polar surface area (TPSA) is 69.4 Å². The predicted octanol–water partition coefficient (Wildman–Crippen LogP) is 2.19. The second-order valence-corrected chi connectivity index (χ2v) is 7.05. The Balaban J connectivity index is 1.82. The largest absolute Gasteiger partial charge is 0.497 e. The van der Waals surface area contributed by atoms with Gasteiger partial charge in [0.2, 0.25) is 0 Å². The maximum absolute atomic E-state index is 12.9. The van der Waals surface area contributed by atoms with Crippen LogP contribution in [0.25, 0.3) is 0 Å². The van der Waals surface area contributed by atoms with Crippen LogP contribution in [0.15, 0.2) is 29.1 Å². The molecule has 0 N–H and O–H groups in total. The lowest BCUT2D eigenvalue weighted by atomic mass is 9.96. The maximum Gasteiger partial charge on any atom is 0.345 e. The molecule has 1 unspecified atom stereocenters. The summed E-state index contributed by atoms with van der Waals surface area (Å²) in [4.78, 5) is 27.1. The quantitative estimate of drug-likeness (QED) is 0.840. The summed E-state index contributed by atoms with van der Waals surface area (Å²) in [6, 6.07) is 7.21. The average Bonchev–Trinajstić information content (AvgIpc) is 2.96. The van der Waals surface area contributed by atoms with Crippen molar-refractivity contribution in [3.05, 3.63) is 46.1 Å². The smallest absolute Gasteiger partial charge is 0.345 e. The van der Waals surface area contributed by atoms with E-state index in [1.54, 1.807) is 43.0 Å². The van der Waals surface area contributed by atoms with E-state index in [2.05, 4.69) is 5.10 Å². The van der Waals surface area contributed by atoms with E-state index >= 15 is 0 Å². The van der Waals surface area contributed by atoms with E-state index in [1.165, 1.54) is 4.68 Å². The molecule has 0 bridgehead atoms. The number of carbonyl (C=O) groups excluding carboxylic acids is 1. The second-order valence-electron chi connectivity index (χ2n) is 7.05. The number of piperidine rings is 1. The van der Waals surface area contributed by atoms with E-state index in [1.807, 2.05) is 18.7 Å². The SMILES string of the molecule is COc1ccc(C(=O)N2CCCC(c3nn(C)c(=O)n3C(C)C)C2)cc1. The molecule has 1 aromatic carbocycles. The van der Waals surface area contributed by atoms with Crippen LogP contribution >= 0.6 is 0 Å². The van der Waals surface area contributed by atoms with Gasteiger partial charge in [0.1, 0.15) is 11.6 Å². The first-order valence-corrected chi connectivity index (χ1v) is 9.01. The molecular formula is C19H26N4O3. The first kappa shape index (κ1) is 18.2. The number of hydrogen-bond acceptors (Lipinski definition) is 4. The molecule has 0 radical (unpaired) electrons. The first-order valence-electron chi connectivity index (χ1n) is 9.01. The van der Waals surface area contributed by atoms with Gasteiger partial charge >= 0.3 is 5.69 Å². The molecule has 1 fully saturated rings. The van der Waals surface area contributed by atoms with Gasteiger partial charge in [-0.05, 0) is 51.0 Å². The highest BCUT2D eigenvalue weighted by Crippen LogP contribution is 2.27. The maximum atomic E-state index is 12.9. The molecule has 0 saturated carbocycles. The third-order valence-corrected chi connectivity index (χ3v) is 4.91. The number of ether oxygens (including phenoxy) is 1. The van der Waals surface area contributed by atoms with Gasteiger partial charge in [0, 0.05) is 37.7 Å². The lowest BCUT2D eigenvalue weighted by molar-refractivity contribution is 0.0702. The van der Waals surface area contributed by atoms with Crippen molar-refractivity contribution in [2.45, 2.75) is 38.6 Å². The monoisotopic (exact) mass is 358 g/mol. The minimum Gasteiger partial charge on any atom is -0.497 e. The van der Waals surface area contributed by atoms with Gasteiger partial charge in [0.05, 0.1) is 7.11 Å². The third kappa shape index (κ3) is 3.38. The van der Waals surface area contributed by atoms with Crippen LogP contribution in [0.2, 0.25) is 0 Å². The number of benzene rings is 1. The molecule has 0 aliphatic carbocycles. The Labute approximate surface area is 153 Å². The van der Waals surface area contributed by atoms with Crippen LogP contribution in [0, 0.1) is 0 Å². The van der Waals surface area contributed by atoms with Gasteiger partial charge in [-0.2, -0.15) is 5.10 Å². The van der Waals surface area contributed by atoms with Crippen LogP contribution in [-0.4, -0.2) is 45.4 Å². The van der Waals surface area contributed by atoms with Crippen molar-refractivity contribution in [2.24, 2.45) is 7.05 Å². The highest BCUT2D eigenvalue weighted by Gasteiger charge is 2.30. The summed E-state index contributed by atoms with van der Waals surface area (Å²) in [5, 5.41) is 4.46. The average molecular weight is 358 g/mol. The molecule has 1 amide bonds. The summed E-state index contributed by atoms with van der Waals surface area (Å²) in [6.07, 6.45) is 1.82. The van der Waals surface area contributed by atoms with Crippen molar-refractivity contribution in [2.75, 3.05) is 20.2 Å². The van der Waals surface area contributed by atoms with Gasteiger partial charge in [-0.25, -0.2) is 9.48 Å². The van der Waals surface area contributed by atoms with Crippen molar-refractivity contribution in [1.29, 1.82) is 0 Å². The summed E-state index contributed by atoms with van der Waals surface area (Å²) >= 11 is 0. The molecule has 26 heavy (non-hydrogen) atoms. The summed E-state index contributed by atoms with van der Waals surface area (Å²) in [6.45, 7) is 5.26. The molecular weight excluding hydrogens is 332 g/mol. The van der Waals surface area contributed by atoms with Gasteiger partial charge in [-0.3, -0.25) is 9.36 Å². The summed E-state index contributed by atoms with van der Waals surface area (Å²) < 4.78 is 8.28. The fraction of sp³-hybridized carbons (Fsp3) is 0.526. The zero-order valence-corrected chi connectivity index (χ0v) is 15.8. The van der Waals surface area contributed by atoms with E-state index in [0.717, 1.165) is 31.0 Å². The van der Waals surface area contributed by atoms with E-state index in [4.69, 9.17) is 4.74 Å². The van der Waals surface area contributed by atoms with Gasteiger partial charge in [0.15, 0.2) is 0 Å². The highest BCUT2D eigenvalue weighted by atomic mass is 16.5. The summed E-state index contributed by atoms with van der Waals surface area (Å²) in [7, 11) is 3.28. The van der Waals surface area contributed by atoms with E-state index in [9.17, 15) is 9.59 Å². The van der Waals surface area contributed by atoms with Crippen molar-refractivity contribution in [3.8, 4) is 5.75 Å². The number of nitrogens with zero attached hydrogens (tertiary/aromatic N) is 4. The number of rotatable bonds is 4. The Hall–Kier alpha value is -2.57. The Morgan fingerprint density at radius 3 is 2.58 bits per heavy atom. The van der Waals surface area contributed by atoms with E-state index < -0.39 is 0 Å². The number of methoxy groups -OCH3 is 1. The Morgan fingerprint density at radius 1 is 1.27 bits per heavy atom. The number of carbonyl (C=O) groups is 1. The molecule has 3 rings (SSSR count). The molecule has 2 aromatic rings. The molecule has 1 aliphatic rings. The van der Waals surface area contributed by atoms with Gasteiger partial charge < -0.3 is 9.64 Å². The van der Waals surface area contributed by atoms with Gasteiger partial charge in [0.25, 0.3) is 5.91 Å². The minimum atomic E-state index is -0.103. The van der Waals surface area contributed by atoms with E-state index in [0.29, 0.717) is 12.1 Å². The first-order chi connectivity index (χ1) is 12.4. The van der Waals surface area contributed by atoms with Crippen LogP contribution < -0.4 is 10.4 Å². The van der Waals surface area contributed by atoms with Crippen molar-refractivity contribution >= 4 is 5.91 Å². The van der Waals surface area contributed by atoms with Crippen LogP contribution in [0.3, 0.4) is 0 Å². The summed E-state index contributed by atoms with van der Waals surface area (Å²) in [5.41, 5.74) is 0.544. The number of likely N-dealkylation sites (tertiary alicyclic amines) is 1. The zero-order valence-electron chi connectivity index (χ0n) is 15.8. The van der Waals surface area contributed by atoms with Gasteiger partial charge in [-0.15, -0.1) is 0 Å². The van der Waals surface area contributed by atoms with Crippen LogP contribution in [0.5, 0.6) is 5.75 Å². The molecule has 0 spiro atoms. The fourth-order valence-corrected chi connectivity index (χ4v) is 3.55. The van der Waals surface area contributed by atoms with Crippen molar-refractivity contribution < 1.29 is 9.53 Å². The Kier molecular flexibility index (Phi) is 5.15. The molecule has 1 atom stereocenters. The normalized spacial score (nSPS) is 17.6. The number of aromatic nitrogens is 3. The van der Waals surface area contributed by atoms with Crippen LogP contribution in [0.1, 0.15) is 54.8 Å². The molecule has 1 aliphatic heterocycles. The zero-order chi connectivity index (χ0) is 18.8. The van der Waals surface area contributed by atoms with Crippen LogP contribution in [0.4, 0.5) is 0 Å². The van der Waals surface area contributed by atoms with E-state index in [-0.39, 0.29) is 23.6 Å². The minimum absolute atomic E-state index is 0.00623. The number of aryl methyl sites for hydroxylation is 1.